The summed E-state index contributed by atoms with van der Waals surface area (Å²) in [6, 6.07) is 12.1. The lowest BCUT2D eigenvalue weighted by molar-refractivity contribution is 0.145. The van der Waals surface area contributed by atoms with Crippen molar-refractivity contribution < 1.29 is 0 Å². The van der Waals surface area contributed by atoms with Crippen LogP contribution in [0.25, 0.3) is 0 Å². The van der Waals surface area contributed by atoms with Gasteiger partial charge in [-0.2, -0.15) is 0 Å². The molecule has 112 valence electrons. The summed E-state index contributed by atoms with van der Waals surface area (Å²) in [4.78, 5) is 5.16. The van der Waals surface area contributed by atoms with Crippen molar-refractivity contribution in [3.63, 3.8) is 0 Å². The molecule has 0 radical (unpaired) electrons. The maximum atomic E-state index is 5.74. The first kappa shape index (κ1) is 15.5. The largest absolute Gasteiger partial charge is 0.329 e. The fourth-order valence-electron chi connectivity index (χ4n) is 3.12. The second-order valence-electron chi connectivity index (χ2n) is 6.13. The Morgan fingerprint density at radius 3 is 2.70 bits per heavy atom. The Kier molecular flexibility index (Phi) is 6.02. The van der Waals surface area contributed by atoms with Gasteiger partial charge in [0.2, 0.25) is 0 Å². The molecule has 1 aromatic rings. The van der Waals surface area contributed by atoms with Gasteiger partial charge in [0.25, 0.3) is 0 Å². The van der Waals surface area contributed by atoms with Crippen LogP contribution in [-0.4, -0.2) is 48.1 Å². The van der Waals surface area contributed by atoms with Gasteiger partial charge in [-0.1, -0.05) is 30.3 Å². The van der Waals surface area contributed by atoms with E-state index in [9.17, 15) is 0 Å². The minimum absolute atomic E-state index is 0.581. The van der Waals surface area contributed by atoms with Crippen LogP contribution in [0.4, 0.5) is 0 Å². The van der Waals surface area contributed by atoms with Crippen molar-refractivity contribution in [1.82, 2.24) is 9.80 Å². The molecule has 1 fully saturated rings. The maximum Gasteiger partial charge on any atom is 0.0237 e. The van der Waals surface area contributed by atoms with Crippen LogP contribution in [0, 0.1) is 0 Å². The predicted octanol–water partition coefficient (Wildman–Crippen LogP) is 2.32. The molecule has 0 aromatic heterocycles. The molecular weight excluding hydrogens is 246 g/mol. The summed E-state index contributed by atoms with van der Waals surface area (Å²) in [5, 5.41) is 0. The van der Waals surface area contributed by atoms with E-state index in [1.807, 2.05) is 0 Å². The van der Waals surface area contributed by atoms with Crippen molar-refractivity contribution in [3.05, 3.63) is 35.9 Å². The minimum atomic E-state index is 0.581. The Morgan fingerprint density at radius 2 is 2.05 bits per heavy atom. The van der Waals surface area contributed by atoms with Gasteiger partial charge in [0.15, 0.2) is 0 Å². The van der Waals surface area contributed by atoms with E-state index in [2.05, 4.69) is 54.0 Å². The monoisotopic (exact) mass is 275 g/mol. The minimum Gasteiger partial charge on any atom is -0.329 e. The zero-order valence-corrected chi connectivity index (χ0v) is 13.0. The molecule has 1 saturated heterocycles. The van der Waals surface area contributed by atoms with Gasteiger partial charge in [0.1, 0.15) is 0 Å². The number of nitrogens with two attached hydrogens (primary N) is 1. The number of benzene rings is 1. The lowest BCUT2D eigenvalue weighted by Gasteiger charge is -2.33. The fourth-order valence-corrected chi connectivity index (χ4v) is 3.12. The second kappa shape index (κ2) is 7.77. The molecule has 3 heteroatoms. The molecule has 0 amide bonds. The highest BCUT2D eigenvalue weighted by Crippen LogP contribution is 2.21. The summed E-state index contributed by atoms with van der Waals surface area (Å²) in [6.45, 7) is 9.77. The molecule has 1 aliphatic heterocycles. The van der Waals surface area contributed by atoms with Gasteiger partial charge in [-0.05, 0) is 38.8 Å². The lowest BCUT2D eigenvalue weighted by Crippen LogP contribution is -2.44. The molecule has 20 heavy (non-hydrogen) atoms. The van der Waals surface area contributed by atoms with E-state index in [1.54, 1.807) is 0 Å². The standard InChI is InChI=1S/C17H29N3/c1-15(2)19(12-10-18)14-17-9-6-11-20(17)13-16-7-4-3-5-8-16/h3-5,7-8,15,17H,6,9-14,18H2,1-2H3/t17-/m1/s1. The van der Waals surface area contributed by atoms with Gasteiger partial charge in [0.05, 0.1) is 0 Å². The van der Waals surface area contributed by atoms with Crippen molar-refractivity contribution >= 4 is 0 Å². The fraction of sp³-hybridized carbons (Fsp3) is 0.647. The van der Waals surface area contributed by atoms with Crippen LogP contribution in [0.5, 0.6) is 0 Å². The third-order valence-electron chi connectivity index (χ3n) is 4.32. The van der Waals surface area contributed by atoms with Crippen molar-refractivity contribution in [1.29, 1.82) is 0 Å². The normalized spacial score (nSPS) is 20.1. The predicted molar refractivity (Wildman–Crippen MR) is 85.6 cm³/mol. The van der Waals surface area contributed by atoms with Crippen LogP contribution < -0.4 is 5.73 Å². The average Bonchev–Trinajstić information content (AvgIpc) is 2.86. The molecule has 1 aliphatic rings. The van der Waals surface area contributed by atoms with E-state index in [1.165, 1.54) is 24.9 Å². The molecule has 0 saturated carbocycles. The van der Waals surface area contributed by atoms with Gasteiger partial charge < -0.3 is 5.73 Å². The van der Waals surface area contributed by atoms with Crippen molar-refractivity contribution in [2.24, 2.45) is 5.73 Å². The van der Waals surface area contributed by atoms with Crippen LogP contribution >= 0.6 is 0 Å². The summed E-state index contributed by atoms with van der Waals surface area (Å²) < 4.78 is 0. The van der Waals surface area contributed by atoms with Gasteiger partial charge in [-0.25, -0.2) is 0 Å². The lowest BCUT2D eigenvalue weighted by atomic mass is 10.1. The summed E-state index contributed by atoms with van der Waals surface area (Å²) in [7, 11) is 0. The Hall–Kier alpha value is -0.900. The molecule has 3 nitrogen and oxygen atoms in total. The number of nitrogens with zero attached hydrogens (tertiary/aromatic N) is 2. The summed E-state index contributed by atoms with van der Waals surface area (Å²) >= 11 is 0. The zero-order chi connectivity index (χ0) is 14.4. The number of hydrogen-bond donors (Lipinski definition) is 1. The van der Waals surface area contributed by atoms with Crippen LogP contribution in [-0.2, 0) is 6.54 Å². The summed E-state index contributed by atoms with van der Waals surface area (Å²) in [5.74, 6) is 0. The first-order chi connectivity index (χ1) is 9.70. The zero-order valence-electron chi connectivity index (χ0n) is 13.0. The van der Waals surface area contributed by atoms with Crippen molar-refractivity contribution in [2.75, 3.05) is 26.2 Å². The molecular formula is C17H29N3. The molecule has 1 heterocycles. The maximum absolute atomic E-state index is 5.74. The van der Waals surface area contributed by atoms with Gasteiger partial charge in [-0.15, -0.1) is 0 Å². The number of likely N-dealkylation sites (tertiary alicyclic amines) is 1. The smallest absolute Gasteiger partial charge is 0.0237 e. The molecule has 1 atom stereocenters. The molecule has 0 spiro atoms. The Bertz CT molecular complexity index is 377. The van der Waals surface area contributed by atoms with E-state index in [4.69, 9.17) is 5.73 Å². The van der Waals surface area contributed by atoms with Crippen LogP contribution in [0.2, 0.25) is 0 Å². The Morgan fingerprint density at radius 1 is 1.30 bits per heavy atom. The molecule has 0 bridgehead atoms. The Balaban J connectivity index is 1.93. The van der Waals surface area contributed by atoms with Crippen LogP contribution in [0.1, 0.15) is 32.3 Å². The molecule has 2 rings (SSSR count). The van der Waals surface area contributed by atoms with Gasteiger partial charge in [-0.3, -0.25) is 9.80 Å². The van der Waals surface area contributed by atoms with Crippen LogP contribution in [0.15, 0.2) is 30.3 Å². The molecule has 1 aromatic carbocycles. The van der Waals surface area contributed by atoms with Gasteiger partial charge >= 0.3 is 0 Å². The number of hydrogen-bond acceptors (Lipinski definition) is 3. The molecule has 2 N–H and O–H groups in total. The quantitative estimate of drug-likeness (QED) is 0.829. The first-order valence-electron chi connectivity index (χ1n) is 7.92. The third-order valence-corrected chi connectivity index (χ3v) is 4.32. The van der Waals surface area contributed by atoms with Gasteiger partial charge in [0, 0.05) is 38.3 Å². The van der Waals surface area contributed by atoms with E-state index in [0.29, 0.717) is 12.1 Å². The molecule has 0 unspecified atom stereocenters. The highest BCUT2D eigenvalue weighted by Gasteiger charge is 2.26. The Labute approximate surface area is 123 Å². The van der Waals surface area contributed by atoms with Crippen molar-refractivity contribution in [2.45, 2.75) is 45.3 Å². The number of rotatable bonds is 7. The van der Waals surface area contributed by atoms with E-state index < -0.39 is 0 Å². The summed E-state index contributed by atoms with van der Waals surface area (Å²) in [5.41, 5.74) is 7.17. The topological polar surface area (TPSA) is 32.5 Å². The average molecular weight is 275 g/mol. The third kappa shape index (κ3) is 4.30. The summed E-state index contributed by atoms with van der Waals surface area (Å²) in [6.07, 6.45) is 2.65. The SMILES string of the molecule is CC(C)N(CCN)C[C@H]1CCCN1Cc1ccccc1. The highest BCUT2D eigenvalue weighted by atomic mass is 15.2. The highest BCUT2D eigenvalue weighted by molar-refractivity contribution is 5.14. The second-order valence-corrected chi connectivity index (χ2v) is 6.13. The molecule has 0 aliphatic carbocycles. The van der Waals surface area contributed by atoms with Crippen LogP contribution in [0.3, 0.4) is 0 Å². The van der Waals surface area contributed by atoms with E-state index in [0.717, 1.165) is 26.2 Å². The van der Waals surface area contributed by atoms with E-state index >= 15 is 0 Å². The van der Waals surface area contributed by atoms with E-state index in [-0.39, 0.29) is 0 Å². The van der Waals surface area contributed by atoms with Crippen molar-refractivity contribution in [3.8, 4) is 0 Å². The first-order valence-corrected chi connectivity index (χ1v) is 7.92.